The molecule has 1 aliphatic carbocycles. The SMILES string of the molecule is CCC(C(=O)NC1CCCCC1)N(Cc1ccc(F)cc1)C(=O)COc1ccc(Cl)cc1Br. The number of benzene rings is 2. The fourth-order valence-electron chi connectivity index (χ4n) is 4.06. The lowest BCUT2D eigenvalue weighted by molar-refractivity contribution is -0.143. The highest BCUT2D eigenvalue weighted by Gasteiger charge is 2.30. The van der Waals surface area contributed by atoms with Crippen molar-refractivity contribution in [2.75, 3.05) is 6.61 Å². The first-order valence-corrected chi connectivity index (χ1v) is 12.5. The highest BCUT2D eigenvalue weighted by Crippen LogP contribution is 2.28. The average Bonchev–Trinajstić information content (AvgIpc) is 2.80. The van der Waals surface area contributed by atoms with Crippen molar-refractivity contribution in [1.29, 1.82) is 0 Å². The fraction of sp³-hybridized carbons (Fsp3) is 0.440. The van der Waals surface area contributed by atoms with Crippen LogP contribution < -0.4 is 10.1 Å². The average molecular weight is 540 g/mol. The van der Waals surface area contributed by atoms with E-state index in [9.17, 15) is 14.0 Å². The molecule has 1 fully saturated rings. The van der Waals surface area contributed by atoms with E-state index in [1.165, 1.54) is 23.5 Å². The Morgan fingerprint density at radius 2 is 1.88 bits per heavy atom. The Balaban J connectivity index is 1.76. The molecule has 178 valence electrons. The smallest absolute Gasteiger partial charge is 0.261 e. The number of hydrogen-bond acceptors (Lipinski definition) is 3. The lowest BCUT2D eigenvalue weighted by Crippen LogP contribution is -2.52. The molecule has 2 aromatic rings. The standard InChI is InChI=1S/C25H29BrClFN2O3/c1-2-22(25(32)29-20-6-4-3-5-7-20)30(15-17-8-11-19(28)12-9-17)24(31)16-33-23-13-10-18(27)14-21(23)26/h8-14,20,22H,2-7,15-16H2,1H3,(H,29,32). The molecule has 2 aromatic carbocycles. The van der Waals surface area contributed by atoms with Gasteiger partial charge in [0.25, 0.3) is 5.91 Å². The Bertz CT molecular complexity index is 951. The van der Waals surface area contributed by atoms with E-state index in [-0.39, 0.29) is 36.8 Å². The van der Waals surface area contributed by atoms with Gasteiger partial charge in [-0.1, -0.05) is 49.9 Å². The highest BCUT2D eigenvalue weighted by molar-refractivity contribution is 9.10. The van der Waals surface area contributed by atoms with Crippen LogP contribution in [-0.2, 0) is 16.1 Å². The van der Waals surface area contributed by atoms with Crippen LogP contribution >= 0.6 is 27.5 Å². The fourth-order valence-corrected chi connectivity index (χ4v) is 4.86. The Morgan fingerprint density at radius 1 is 1.18 bits per heavy atom. The van der Waals surface area contributed by atoms with Crippen LogP contribution in [0.3, 0.4) is 0 Å². The van der Waals surface area contributed by atoms with Crippen molar-refractivity contribution >= 4 is 39.3 Å². The summed E-state index contributed by atoms with van der Waals surface area (Å²) in [6, 6.07) is 10.5. The van der Waals surface area contributed by atoms with E-state index in [0.29, 0.717) is 21.7 Å². The van der Waals surface area contributed by atoms with Crippen molar-refractivity contribution in [3.8, 4) is 5.75 Å². The maximum Gasteiger partial charge on any atom is 0.261 e. The van der Waals surface area contributed by atoms with E-state index < -0.39 is 6.04 Å². The van der Waals surface area contributed by atoms with Crippen LogP contribution in [0.5, 0.6) is 5.75 Å². The molecule has 0 saturated heterocycles. The van der Waals surface area contributed by atoms with E-state index in [0.717, 1.165) is 31.2 Å². The maximum atomic E-state index is 13.4. The summed E-state index contributed by atoms with van der Waals surface area (Å²) in [6.45, 7) is 1.82. The van der Waals surface area contributed by atoms with E-state index in [1.807, 2.05) is 6.92 Å². The lowest BCUT2D eigenvalue weighted by Gasteiger charge is -2.32. The van der Waals surface area contributed by atoms with Gasteiger partial charge in [0, 0.05) is 17.6 Å². The van der Waals surface area contributed by atoms with E-state index in [2.05, 4.69) is 21.2 Å². The van der Waals surface area contributed by atoms with Gasteiger partial charge in [0.2, 0.25) is 5.91 Å². The molecule has 5 nitrogen and oxygen atoms in total. The van der Waals surface area contributed by atoms with Gasteiger partial charge in [0.15, 0.2) is 6.61 Å². The Labute approximate surface area is 207 Å². The molecule has 0 bridgehead atoms. The Morgan fingerprint density at radius 3 is 2.52 bits per heavy atom. The largest absolute Gasteiger partial charge is 0.483 e. The Kier molecular flexibility index (Phi) is 9.56. The van der Waals surface area contributed by atoms with Crippen LogP contribution in [0.1, 0.15) is 51.0 Å². The van der Waals surface area contributed by atoms with Crippen molar-refractivity contribution in [3.05, 3.63) is 63.3 Å². The number of rotatable bonds is 9. The summed E-state index contributed by atoms with van der Waals surface area (Å²) in [6.07, 6.45) is 5.77. The van der Waals surface area contributed by atoms with Crippen LogP contribution in [0.15, 0.2) is 46.9 Å². The summed E-state index contributed by atoms with van der Waals surface area (Å²) in [5, 5.41) is 3.68. The second-order valence-corrected chi connectivity index (χ2v) is 9.57. The van der Waals surface area contributed by atoms with Gasteiger partial charge in [-0.3, -0.25) is 9.59 Å². The van der Waals surface area contributed by atoms with Gasteiger partial charge >= 0.3 is 0 Å². The van der Waals surface area contributed by atoms with Gasteiger partial charge in [-0.2, -0.15) is 0 Å². The number of amides is 2. The molecule has 0 heterocycles. The molecule has 0 radical (unpaired) electrons. The maximum absolute atomic E-state index is 13.4. The molecular weight excluding hydrogens is 511 g/mol. The molecule has 1 atom stereocenters. The first-order chi connectivity index (χ1) is 15.9. The summed E-state index contributed by atoms with van der Waals surface area (Å²) in [7, 11) is 0. The van der Waals surface area contributed by atoms with Gasteiger partial charge in [-0.15, -0.1) is 0 Å². The third kappa shape index (κ3) is 7.44. The second kappa shape index (κ2) is 12.4. The second-order valence-electron chi connectivity index (χ2n) is 8.28. The first-order valence-electron chi connectivity index (χ1n) is 11.3. The van der Waals surface area contributed by atoms with Crippen LogP contribution in [-0.4, -0.2) is 35.4 Å². The third-order valence-corrected chi connectivity index (χ3v) is 6.70. The zero-order valence-electron chi connectivity index (χ0n) is 18.7. The summed E-state index contributed by atoms with van der Waals surface area (Å²) in [5.41, 5.74) is 0.737. The number of nitrogens with one attached hydrogen (secondary N) is 1. The molecule has 0 aromatic heterocycles. The Hall–Kier alpha value is -2.12. The van der Waals surface area contributed by atoms with Crippen molar-refractivity contribution in [2.45, 2.75) is 64.1 Å². The molecule has 1 aliphatic rings. The van der Waals surface area contributed by atoms with Crippen LogP contribution in [0.2, 0.25) is 5.02 Å². The van der Waals surface area contributed by atoms with E-state index in [1.54, 1.807) is 30.3 Å². The molecule has 3 rings (SSSR count). The molecule has 0 spiro atoms. The minimum absolute atomic E-state index is 0.143. The van der Waals surface area contributed by atoms with Crippen LogP contribution in [0.4, 0.5) is 4.39 Å². The van der Waals surface area contributed by atoms with E-state index >= 15 is 0 Å². The number of carbonyl (C=O) groups is 2. The van der Waals surface area contributed by atoms with Gasteiger partial charge in [0.1, 0.15) is 17.6 Å². The topological polar surface area (TPSA) is 58.6 Å². The van der Waals surface area contributed by atoms with Gasteiger partial charge in [-0.05, 0) is 71.1 Å². The number of halogens is 3. The molecule has 1 unspecified atom stereocenters. The minimum atomic E-state index is -0.651. The molecular formula is C25H29BrClFN2O3. The number of hydrogen-bond donors (Lipinski definition) is 1. The summed E-state index contributed by atoms with van der Waals surface area (Å²) >= 11 is 9.36. The van der Waals surface area contributed by atoms with Crippen molar-refractivity contribution in [3.63, 3.8) is 0 Å². The third-order valence-electron chi connectivity index (χ3n) is 5.85. The van der Waals surface area contributed by atoms with Gasteiger partial charge in [-0.25, -0.2) is 4.39 Å². The predicted molar refractivity (Wildman–Crippen MR) is 131 cm³/mol. The first kappa shape index (κ1) is 25.5. The number of nitrogens with zero attached hydrogens (tertiary/aromatic N) is 1. The number of ether oxygens (including phenoxy) is 1. The van der Waals surface area contributed by atoms with Crippen LogP contribution in [0.25, 0.3) is 0 Å². The number of carbonyl (C=O) groups excluding carboxylic acids is 2. The predicted octanol–water partition coefficient (Wildman–Crippen LogP) is 5.88. The molecule has 33 heavy (non-hydrogen) atoms. The molecule has 8 heteroatoms. The summed E-state index contributed by atoms with van der Waals surface area (Å²) < 4.78 is 19.8. The molecule has 0 aliphatic heterocycles. The van der Waals surface area contributed by atoms with Crippen molar-refractivity contribution in [1.82, 2.24) is 10.2 Å². The van der Waals surface area contributed by atoms with E-state index in [4.69, 9.17) is 16.3 Å². The summed E-state index contributed by atoms with van der Waals surface area (Å²) in [5.74, 6) is -0.358. The van der Waals surface area contributed by atoms with Crippen molar-refractivity contribution < 1.29 is 18.7 Å². The van der Waals surface area contributed by atoms with Gasteiger partial charge < -0.3 is 15.0 Å². The van der Waals surface area contributed by atoms with Crippen LogP contribution in [0, 0.1) is 5.82 Å². The minimum Gasteiger partial charge on any atom is -0.483 e. The van der Waals surface area contributed by atoms with Crippen molar-refractivity contribution in [2.24, 2.45) is 0 Å². The quantitative estimate of drug-likeness (QED) is 0.433. The molecule has 1 N–H and O–H groups in total. The monoisotopic (exact) mass is 538 g/mol. The highest BCUT2D eigenvalue weighted by atomic mass is 79.9. The molecule has 2 amide bonds. The lowest BCUT2D eigenvalue weighted by atomic mass is 9.95. The normalized spacial score (nSPS) is 15.0. The summed E-state index contributed by atoms with van der Waals surface area (Å²) in [4.78, 5) is 28.0. The zero-order valence-corrected chi connectivity index (χ0v) is 21.0. The molecule has 1 saturated carbocycles. The zero-order chi connectivity index (χ0) is 23.8. The van der Waals surface area contributed by atoms with Gasteiger partial charge in [0.05, 0.1) is 4.47 Å².